The second kappa shape index (κ2) is 7.51. The van der Waals surface area contributed by atoms with Crippen LogP contribution >= 0.6 is 0 Å². The molecule has 0 atom stereocenters. The number of hydrogen-bond acceptors (Lipinski definition) is 5. The van der Waals surface area contributed by atoms with E-state index in [1.807, 2.05) is 0 Å². The number of aromatic nitrogens is 3. The minimum absolute atomic E-state index is 0.0857. The number of nitrogens with zero attached hydrogens (tertiary/aromatic N) is 4. The van der Waals surface area contributed by atoms with Crippen molar-refractivity contribution in [1.82, 2.24) is 14.8 Å². The third-order valence-corrected chi connectivity index (χ3v) is 4.61. The van der Waals surface area contributed by atoms with Crippen LogP contribution in [0.5, 0.6) is 5.75 Å². The lowest BCUT2D eigenvalue weighted by molar-refractivity contribution is -0.117. The Balaban J connectivity index is 1.50. The van der Waals surface area contributed by atoms with Crippen molar-refractivity contribution in [3.05, 3.63) is 60.7 Å². The normalized spacial score (nSPS) is 13.6. The zero-order chi connectivity index (χ0) is 19.5. The van der Waals surface area contributed by atoms with Gasteiger partial charge in [-0.15, -0.1) is 0 Å². The summed E-state index contributed by atoms with van der Waals surface area (Å²) in [6.07, 6.45) is 4.43. The van der Waals surface area contributed by atoms with Gasteiger partial charge in [0.1, 0.15) is 18.4 Å². The number of carbonyl (C=O) groups is 2. The molecule has 1 aromatic heterocycles. The van der Waals surface area contributed by atoms with Crippen LogP contribution in [0.1, 0.15) is 23.2 Å². The number of methoxy groups -OCH3 is 1. The molecule has 0 bridgehead atoms. The summed E-state index contributed by atoms with van der Waals surface area (Å²) < 4.78 is 7.05. The summed E-state index contributed by atoms with van der Waals surface area (Å²) >= 11 is 0. The number of anilines is 2. The molecule has 8 nitrogen and oxygen atoms in total. The number of rotatable bonds is 5. The fraction of sp³-hybridized carbons (Fsp3) is 0.200. The predicted octanol–water partition coefficient (Wildman–Crippen LogP) is 2.66. The van der Waals surface area contributed by atoms with Gasteiger partial charge in [-0.3, -0.25) is 9.59 Å². The van der Waals surface area contributed by atoms with Crippen molar-refractivity contribution >= 4 is 23.2 Å². The van der Waals surface area contributed by atoms with Gasteiger partial charge >= 0.3 is 0 Å². The van der Waals surface area contributed by atoms with Gasteiger partial charge in [0.05, 0.1) is 18.5 Å². The summed E-state index contributed by atoms with van der Waals surface area (Å²) in [5, 5.41) is 6.92. The first-order chi connectivity index (χ1) is 13.7. The molecule has 1 N–H and O–H groups in total. The van der Waals surface area contributed by atoms with Crippen LogP contribution in [0.15, 0.2) is 55.1 Å². The van der Waals surface area contributed by atoms with Crippen LogP contribution in [0.2, 0.25) is 0 Å². The highest BCUT2D eigenvalue weighted by molar-refractivity contribution is 6.05. The Morgan fingerprint density at radius 2 is 2.00 bits per heavy atom. The molecule has 3 aromatic rings. The van der Waals surface area contributed by atoms with Crippen LogP contribution in [-0.4, -0.2) is 40.2 Å². The Kier molecular flexibility index (Phi) is 4.76. The quantitative estimate of drug-likeness (QED) is 0.738. The van der Waals surface area contributed by atoms with Crippen LogP contribution in [-0.2, 0) is 4.79 Å². The van der Waals surface area contributed by atoms with Crippen molar-refractivity contribution in [1.29, 1.82) is 0 Å². The van der Waals surface area contributed by atoms with Crippen LogP contribution in [0.3, 0.4) is 0 Å². The van der Waals surface area contributed by atoms with E-state index in [0.29, 0.717) is 30.0 Å². The molecule has 1 aliphatic rings. The summed E-state index contributed by atoms with van der Waals surface area (Å²) in [6, 6.07) is 12.3. The van der Waals surface area contributed by atoms with Crippen molar-refractivity contribution in [2.24, 2.45) is 0 Å². The Bertz CT molecular complexity index is 999. The average molecular weight is 377 g/mol. The molecule has 2 aromatic carbocycles. The molecule has 0 saturated carbocycles. The Morgan fingerprint density at radius 1 is 1.18 bits per heavy atom. The van der Waals surface area contributed by atoms with E-state index in [-0.39, 0.29) is 11.8 Å². The van der Waals surface area contributed by atoms with E-state index in [0.717, 1.165) is 17.8 Å². The number of amides is 2. The standard InChI is InChI=1S/C20H19N5O3/c1-28-18-11-15(6-9-17(18)24-10-2-3-19(24)26)23-20(27)14-4-7-16(8-5-14)25-13-21-12-22-25/h4-9,11-13H,2-3,10H2,1H3,(H,23,27). The molecular weight excluding hydrogens is 358 g/mol. The molecule has 0 radical (unpaired) electrons. The zero-order valence-electron chi connectivity index (χ0n) is 15.3. The summed E-state index contributed by atoms with van der Waals surface area (Å²) in [4.78, 5) is 30.2. The minimum Gasteiger partial charge on any atom is -0.494 e. The van der Waals surface area contributed by atoms with E-state index >= 15 is 0 Å². The molecule has 28 heavy (non-hydrogen) atoms. The van der Waals surface area contributed by atoms with Crippen LogP contribution < -0.4 is 15.0 Å². The predicted molar refractivity (Wildman–Crippen MR) is 104 cm³/mol. The maximum atomic E-state index is 12.6. The second-order valence-corrected chi connectivity index (χ2v) is 6.38. The van der Waals surface area contributed by atoms with Gasteiger partial charge in [0.15, 0.2) is 0 Å². The molecule has 142 valence electrons. The average Bonchev–Trinajstić information content (AvgIpc) is 3.40. The van der Waals surface area contributed by atoms with E-state index in [1.165, 1.54) is 6.33 Å². The molecule has 2 amide bonds. The highest BCUT2D eigenvalue weighted by Crippen LogP contribution is 2.34. The van der Waals surface area contributed by atoms with Gasteiger partial charge in [-0.05, 0) is 42.8 Å². The van der Waals surface area contributed by atoms with Gasteiger partial charge in [0, 0.05) is 30.3 Å². The third-order valence-electron chi connectivity index (χ3n) is 4.61. The van der Waals surface area contributed by atoms with Gasteiger partial charge in [-0.1, -0.05) is 0 Å². The van der Waals surface area contributed by atoms with Crippen molar-refractivity contribution in [3.8, 4) is 11.4 Å². The number of hydrogen-bond donors (Lipinski definition) is 1. The third kappa shape index (κ3) is 3.44. The number of benzene rings is 2. The molecule has 2 heterocycles. The van der Waals surface area contributed by atoms with Crippen LogP contribution in [0.25, 0.3) is 5.69 Å². The molecule has 1 saturated heterocycles. The van der Waals surface area contributed by atoms with Crippen molar-refractivity contribution < 1.29 is 14.3 Å². The minimum atomic E-state index is -0.239. The number of carbonyl (C=O) groups excluding carboxylic acids is 2. The summed E-state index contributed by atoms with van der Waals surface area (Å²) in [7, 11) is 1.55. The van der Waals surface area contributed by atoms with Crippen molar-refractivity contribution in [2.75, 3.05) is 23.9 Å². The Morgan fingerprint density at radius 3 is 2.64 bits per heavy atom. The highest BCUT2D eigenvalue weighted by atomic mass is 16.5. The molecule has 1 fully saturated rings. The topological polar surface area (TPSA) is 89.3 Å². The molecular formula is C20H19N5O3. The Labute approximate surface area is 161 Å². The smallest absolute Gasteiger partial charge is 0.255 e. The molecule has 8 heteroatoms. The summed E-state index contributed by atoms with van der Waals surface area (Å²) in [5.41, 5.74) is 2.65. The van der Waals surface area contributed by atoms with Crippen molar-refractivity contribution in [3.63, 3.8) is 0 Å². The lowest BCUT2D eigenvalue weighted by Gasteiger charge is -2.19. The van der Waals surface area contributed by atoms with Gasteiger partial charge in [0.25, 0.3) is 5.91 Å². The SMILES string of the molecule is COc1cc(NC(=O)c2ccc(-n3cncn3)cc2)ccc1N1CCCC1=O. The molecule has 0 spiro atoms. The lowest BCUT2D eigenvalue weighted by atomic mass is 10.2. The lowest BCUT2D eigenvalue weighted by Crippen LogP contribution is -2.24. The zero-order valence-corrected chi connectivity index (χ0v) is 15.3. The second-order valence-electron chi connectivity index (χ2n) is 6.38. The highest BCUT2D eigenvalue weighted by Gasteiger charge is 2.24. The van der Waals surface area contributed by atoms with Gasteiger partial charge in [-0.2, -0.15) is 5.10 Å². The van der Waals surface area contributed by atoms with E-state index in [2.05, 4.69) is 15.4 Å². The maximum Gasteiger partial charge on any atom is 0.255 e. The van der Waals surface area contributed by atoms with E-state index in [1.54, 1.807) is 65.5 Å². The number of nitrogens with one attached hydrogen (secondary N) is 1. The fourth-order valence-corrected chi connectivity index (χ4v) is 3.19. The fourth-order valence-electron chi connectivity index (χ4n) is 3.19. The van der Waals surface area contributed by atoms with Crippen molar-refractivity contribution in [2.45, 2.75) is 12.8 Å². The molecule has 4 rings (SSSR count). The van der Waals surface area contributed by atoms with E-state index in [4.69, 9.17) is 4.74 Å². The first-order valence-electron chi connectivity index (χ1n) is 8.90. The molecule has 1 aliphatic heterocycles. The van der Waals surface area contributed by atoms with Gasteiger partial charge in [0.2, 0.25) is 5.91 Å². The van der Waals surface area contributed by atoms with Crippen LogP contribution in [0, 0.1) is 0 Å². The van der Waals surface area contributed by atoms with E-state index in [9.17, 15) is 9.59 Å². The Hall–Kier alpha value is -3.68. The summed E-state index contributed by atoms with van der Waals surface area (Å²) in [6.45, 7) is 0.680. The first kappa shape index (κ1) is 17.7. The van der Waals surface area contributed by atoms with Gasteiger partial charge in [-0.25, -0.2) is 9.67 Å². The summed E-state index contributed by atoms with van der Waals surface area (Å²) in [5.74, 6) is 0.398. The first-order valence-corrected chi connectivity index (χ1v) is 8.90. The molecule has 0 aliphatic carbocycles. The number of ether oxygens (including phenoxy) is 1. The van der Waals surface area contributed by atoms with E-state index < -0.39 is 0 Å². The maximum absolute atomic E-state index is 12.6. The largest absolute Gasteiger partial charge is 0.494 e. The monoisotopic (exact) mass is 377 g/mol. The van der Waals surface area contributed by atoms with Gasteiger partial charge < -0.3 is 15.0 Å². The van der Waals surface area contributed by atoms with Crippen LogP contribution in [0.4, 0.5) is 11.4 Å². The molecule has 0 unspecified atom stereocenters.